The normalized spacial score (nSPS) is 21.5. The number of hydrogen-bond acceptors (Lipinski definition) is 7. The molecule has 1 aromatic carbocycles. The summed E-state index contributed by atoms with van der Waals surface area (Å²) in [6.45, 7) is 6.13. The van der Waals surface area contributed by atoms with Gasteiger partial charge in [0.05, 0.1) is 23.1 Å². The number of aliphatic hydroxyl groups is 1. The number of nitrogens with zero attached hydrogens (tertiary/aromatic N) is 2. The fourth-order valence-corrected chi connectivity index (χ4v) is 7.84. The first-order valence-corrected chi connectivity index (χ1v) is 15.3. The van der Waals surface area contributed by atoms with Crippen LogP contribution in [0.5, 0.6) is 0 Å². The van der Waals surface area contributed by atoms with Crippen molar-refractivity contribution in [2.75, 3.05) is 4.90 Å². The second-order valence-corrected chi connectivity index (χ2v) is 13.7. The highest BCUT2D eigenvalue weighted by Gasteiger charge is 2.46. The number of Topliss-reactive ketones (excluding diaryl/α,β-unsaturated/α-hetero) is 1. The summed E-state index contributed by atoms with van der Waals surface area (Å²) in [5.41, 5.74) is 3.36. The lowest BCUT2D eigenvalue weighted by molar-refractivity contribution is -0.117. The van der Waals surface area contributed by atoms with Crippen LogP contribution in [0, 0.1) is 0 Å². The Balaban J connectivity index is 1.58. The van der Waals surface area contributed by atoms with Crippen LogP contribution in [0.15, 0.2) is 93.6 Å². The van der Waals surface area contributed by atoms with Crippen LogP contribution >= 0.6 is 11.3 Å². The molecule has 9 heteroatoms. The number of benzene rings is 1. The van der Waals surface area contributed by atoms with Gasteiger partial charge in [0.25, 0.3) is 5.91 Å². The van der Waals surface area contributed by atoms with Gasteiger partial charge in [-0.05, 0) is 43.2 Å². The molecular weight excluding hydrogens is 532 g/mol. The van der Waals surface area contributed by atoms with Crippen molar-refractivity contribution in [3.63, 3.8) is 0 Å². The minimum atomic E-state index is -3.73. The van der Waals surface area contributed by atoms with Crippen molar-refractivity contribution in [1.29, 1.82) is 0 Å². The number of aromatic nitrogens is 1. The van der Waals surface area contributed by atoms with Gasteiger partial charge in [0.1, 0.15) is 4.21 Å². The van der Waals surface area contributed by atoms with E-state index in [-0.39, 0.29) is 20.8 Å². The van der Waals surface area contributed by atoms with Gasteiger partial charge in [-0.1, -0.05) is 91.5 Å². The molecule has 0 bridgehead atoms. The maximum absolute atomic E-state index is 13.7. The number of hydrogen-bond donors (Lipinski definition) is 1. The summed E-state index contributed by atoms with van der Waals surface area (Å²) in [5, 5.41) is 10.4. The van der Waals surface area contributed by atoms with Crippen molar-refractivity contribution in [3.05, 3.63) is 101 Å². The third-order valence-corrected chi connectivity index (χ3v) is 10.9. The zero-order valence-electron chi connectivity index (χ0n) is 22.0. The molecule has 1 amide bonds. The van der Waals surface area contributed by atoms with Crippen molar-refractivity contribution in [2.24, 2.45) is 0 Å². The van der Waals surface area contributed by atoms with Crippen LogP contribution in [0.2, 0.25) is 0 Å². The standard InChI is InChI=1S/C30H30N2O5S2/c1-18(2)20-13-15-21(16-14-20)26-25(27(33)22-11-9-19(3)10-12-22)28(34)29(35)32(26)30-31-17-24(38-30)39(36,37)23-7-5-4-6-8-23/h4-7,9,11,13-18,23,26,34H,8,10,12H2,1-3H3. The highest BCUT2D eigenvalue weighted by Crippen LogP contribution is 2.44. The van der Waals surface area contributed by atoms with E-state index in [0.29, 0.717) is 24.0 Å². The van der Waals surface area contributed by atoms with Gasteiger partial charge in [0.15, 0.2) is 26.5 Å². The lowest BCUT2D eigenvalue weighted by Crippen LogP contribution is -2.31. The Morgan fingerprint density at radius 2 is 1.87 bits per heavy atom. The Morgan fingerprint density at radius 1 is 1.13 bits per heavy atom. The zero-order valence-corrected chi connectivity index (χ0v) is 23.6. The first-order chi connectivity index (χ1) is 18.6. The number of allylic oxidation sites excluding steroid dienone is 7. The lowest BCUT2D eigenvalue weighted by Gasteiger charge is -2.25. The van der Waals surface area contributed by atoms with Crippen LogP contribution in [0.1, 0.15) is 63.1 Å². The van der Waals surface area contributed by atoms with E-state index in [2.05, 4.69) is 18.8 Å². The molecule has 1 N–H and O–H groups in total. The topological polar surface area (TPSA) is 105 Å². The van der Waals surface area contributed by atoms with Crippen LogP contribution in [-0.4, -0.2) is 35.4 Å². The van der Waals surface area contributed by atoms with E-state index >= 15 is 0 Å². The molecule has 0 fully saturated rings. The third kappa shape index (κ3) is 4.96. The predicted octanol–water partition coefficient (Wildman–Crippen LogP) is 6.06. The molecule has 1 aromatic heterocycles. The number of rotatable bonds is 7. The van der Waals surface area contributed by atoms with Gasteiger partial charge in [-0.15, -0.1) is 0 Å². The molecule has 39 heavy (non-hydrogen) atoms. The fraction of sp³-hybridized carbons (Fsp3) is 0.300. The van der Waals surface area contributed by atoms with Crippen molar-refractivity contribution in [2.45, 2.75) is 61.5 Å². The number of sulfone groups is 1. The molecule has 0 saturated heterocycles. The molecule has 3 aliphatic rings. The van der Waals surface area contributed by atoms with Gasteiger partial charge in [0.2, 0.25) is 0 Å². The SMILES string of the molecule is CC1=CC=C(C(=O)C2=C(O)C(=O)N(c3ncc(S(=O)(=O)C4C=CC=CC4)s3)C2c2ccc(C(C)C)cc2)CC1. The third-order valence-electron chi connectivity index (χ3n) is 7.32. The maximum Gasteiger partial charge on any atom is 0.296 e. The maximum atomic E-state index is 13.7. The highest BCUT2D eigenvalue weighted by atomic mass is 32.2. The molecule has 2 unspecified atom stereocenters. The second-order valence-electron chi connectivity index (χ2n) is 10.3. The number of carbonyl (C=O) groups excluding carboxylic acids is 2. The number of amides is 1. The van der Waals surface area contributed by atoms with E-state index in [9.17, 15) is 23.1 Å². The predicted molar refractivity (Wildman–Crippen MR) is 152 cm³/mol. The van der Waals surface area contributed by atoms with Gasteiger partial charge < -0.3 is 5.11 Å². The van der Waals surface area contributed by atoms with E-state index in [0.717, 1.165) is 28.9 Å². The quantitative estimate of drug-likeness (QED) is 0.440. The lowest BCUT2D eigenvalue weighted by atomic mass is 9.88. The Labute approximate surface area is 232 Å². The summed E-state index contributed by atoms with van der Waals surface area (Å²) in [7, 11) is -3.73. The first kappa shape index (κ1) is 27.0. The molecule has 7 nitrogen and oxygen atoms in total. The molecule has 5 rings (SSSR count). The van der Waals surface area contributed by atoms with Crippen LogP contribution in [-0.2, 0) is 19.4 Å². The molecule has 202 valence electrons. The molecule has 2 atom stereocenters. The Hall–Kier alpha value is -3.56. The second kappa shape index (κ2) is 10.5. The molecule has 0 radical (unpaired) electrons. The largest absolute Gasteiger partial charge is 0.503 e. The summed E-state index contributed by atoms with van der Waals surface area (Å²) < 4.78 is 26.6. The molecule has 0 saturated carbocycles. The first-order valence-electron chi connectivity index (χ1n) is 12.9. The minimum absolute atomic E-state index is 0.0172. The Kier molecular flexibility index (Phi) is 7.31. The number of thiazole rings is 1. The fourth-order valence-electron chi connectivity index (χ4n) is 4.95. The summed E-state index contributed by atoms with van der Waals surface area (Å²) in [6.07, 6.45) is 13.4. The van der Waals surface area contributed by atoms with Gasteiger partial charge in [0, 0.05) is 5.57 Å². The Bertz CT molecular complexity index is 1590. The van der Waals surface area contributed by atoms with E-state index in [1.54, 1.807) is 30.4 Å². The summed E-state index contributed by atoms with van der Waals surface area (Å²) >= 11 is 0.867. The molecule has 0 spiro atoms. The molecule has 1 aliphatic heterocycles. The van der Waals surface area contributed by atoms with E-state index in [1.165, 1.54) is 11.1 Å². The van der Waals surface area contributed by atoms with E-state index in [1.807, 2.05) is 37.3 Å². The summed E-state index contributed by atoms with van der Waals surface area (Å²) in [6, 6.07) is 6.61. The van der Waals surface area contributed by atoms with Crippen LogP contribution in [0.25, 0.3) is 0 Å². The van der Waals surface area contributed by atoms with Crippen LogP contribution in [0.3, 0.4) is 0 Å². The molecular formula is C30H30N2O5S2. The van der Waals surface area contributed by atoms with Gasteiger partial charge >= 0.3 is 0 Å². The molecule has 2 heterocycles. The van der Waals surface area contributed by atoms with Gasteiger partial charge in [-0.25, -0.2) is 13.4 Å². The van der Waals surface area contributed by atoms with Crippen molar-refractivity contribution < 1.29 is 23.1 Å². The van der Waals surface area contributed by atoms with E-state index in [4.69, 9.17) is 0 Å². The van der Waals surface area contributed by atoms with Crippen molar-refractivity contribution >= 4 is 38.0 Å². The highest BCUT2D eigenvalue weighted by molar-refractivity contribution is 7.94. The average molecular weight is 563 g/mol. The molecule has 2 aliphatic carbocycles. The van der Waals surface area contributed by atoms with E-state index < -0.39 is 38.6 Å². The van der Waals surface area contributed by atoms with Crippen molar-refractivity contribution in [1.82, 2.24) is 4.98 Å². The average Bonchev–Trinajstić information content (AvgIpc) is 3.53. The minimum Gasteiger partial charge on any atom is -0.503 e. The van der Waals surface area contributed by atoms with Crippen LogP contribution < -0.4 is 4.90 Å². The molecule has 2 aromatic rings. The number of ketones is 1. The number of anilines is 1. The summed E-state index contributed by atoms with van der Waals surface area (Å²) in [5.74, 6) is -1.53. The van der Waals surface area contributed by atoms with Crippen molar-refractivity contribution in [3.8, 4) is 0 Å². The smallest absolute Gasteiger partial charge is 0.296 e. The monoisotopic (exact) mass is 562 g/mol. The Morgan fingerprint density at radius 3 is 2.49 bits per heavy atom. The summed E-state index contributed by atoms with van der Waals surface area (Å²) in [4.78, 5) is 32.8. The van der Waals surface area contributed by atoms with Gasteiger partial charge in [-0.2, -0.15) is 0 Å². The van der Waals surface area contributed by atoms with Crippen LogP contribution in [0.4, 0.5) is 5.13 Å². The van der Waals surface area contributed by atoms with Gasteiger partial charge in [-0.3, -0.25) is 14.5 Å². The zero-order chi connectivity index (χ0) is 27.9. The number of carbonyl (C=O) groups is 2. The number of aliphatic hydroxyl groups excluding tert-OH is 1.